The Bertz CT molecular complexity index is 1570. The predicted molar refractivity (Wildman–Crippen MR) is 156 cm³/mol. The van der Waals surface area contributed by atoms with Crippen molar-refractivity contribution in [3.63, 3.8) is 0 Å². The van der Waals surface area contributed by atoms with Gasteiger partial charge in [0.2, 0.25) is 5.91 Å². The Kier molecular flexibility index (Phi) is 13.6. The number of aromatic nitrogens is 4. The predicted octanol–water partition coefficient (Wildman–Crippen LogP) is -3.98. The molecule has 3 aliphatic rings. The first kappa shape index (κ1) is 39.6. The molecule has 2 unspecified atom stereocenters. The standard InChI is InChI=1S/C21H29N7O14P2.2Na.2H/c22-17-12-19(25-7-24-17)28(8-26-12)21-16(32)14(30)11(41-21)6-39-44(36,37)42-43(34,35)38-5-10-13(29)15(31)20(40-10)27-3-1-2-9(4-27)18(23)33;;;;/h1,3-4,7-8,10-11,13-16,20-21,29-32H,2,5-6H2,(H2,23,33)(H,34,35)(H,36,37)(H2,22,24,25);;;;/t10-,11-,13-,14-,15-,16-,20-,21-;;;;/m1..../s1. The number of hydrogen-bond acceptors (Lipinski definition) is 17. The third-order valence-electron chi connectivity index (χ3n) is 6.88. The number of primary amides is 1. The van der Waals surface area contributed by atoms with Crippen molar-refractivity contribution in [3.8, 4) is 0 Å². The van der Waals surface area contributed by atoms with Gasteiger partial charge in [-0.3, -0.25) is 18.4 Å². The van der Waals surface area contributed by atoms with Crippen molar-refractivity contribution in [3.05, 3.63) is 36.7 Å². The first-order chi connectivity index (χ1) is 20.7. The Hall–Kier alpha value is -0.880. The zero-order valence-corrected chi connectivity index (χ0v) is 24.2. The second-order valence-corrected chi connectivity index (χ2v) is 12.9. The molecule has 2 fully saturated rings. The maximum atomic E-state index is 12.4. The van der Waals surface area contributed by atoms with Crippen LogP contribution in [0.3, 0.4) is 0 Å². The Morgan fingerprint density at radius 1 is 0.935 bits per heavy atom. The topological polar surface area (TPSA) is 318 Å². The first-order valence-corrected chi connectivity index (χ1v) is 15.7. The summed E-state index contributed by atoms with van der Waals surface area (Å²) in [6.07, 6.45) is -4.88. The Labute approximate surface area is 303 Å². The van der Waals surface area contributed by atoms with Crippen LogP contribution in [0, 0.1) is 0 Å². The van der Waals surface area contributed by atoms with Crippen molar-refractivity contribution >= 4 is 97.6 Å². The van der Waals surface area contributed by atoms with E-state index in [4.69, 9.17) is 30.0 Å². The summed E-state index contributed by atoms with van der Waals surface area (Å²) in [6, 6.07) is 0. The average Bonchev–Trinajstić information content (AvgIpc) is 3.61. The Morgan fingerprint density at radius 2 is 1.50 bits per heavy atom. The van der Waals surface area contributed by atoms with Crippen LogP contribution in [-0.2, 0) is 36.8 Å². The third-order valence-corrected chi connectivity index (χ3v) is 9.48. The van der Waals surface area contributed by atoms with Crippen LogP contribution in [0.15, 0.2) is 36.7 Å². The van der Waals surface area contributed by atoms with Gasteiger partial charge in [0.25, 0.3) is 0 Å². The molecule has 2 aromatic heterocycles. The van der Waals surface area contributed by atoms with Crippen LogP contribution in [0.2, 0.25) is 0 Å². The molecule has 1 amide bonds. The molecule has 5 rings (SSSR count). The van der Waals surface area contributed by atoms with Gasteiger partial charge in [-0.15, -0.1) is 0 Å². The maximum absolute atomic E-state index is 12.4. The van der Waals surface area contributed by atoms with Gasteiger partial charge in [0.15, 0.2) is 23.9 Å². The number of anilines is 1. The number of nitrogens with zero attached hydrogens (tertiary/aromatic N) is 5. The summed E-state index contributed by atoms with van der Waals surface area (Å²) in [5.74, 6) is -0.658. The van der Waals surface area contributed by atoms with E-state index in [2.05, 4.69) is 19.3 Å². The number of allylic oxidation sites excluding steroid dienone is 1. The average molecular weight is 713 g/mol. The van der Waals surface area contributed by atoms with E-state index in [1.54, 1.807) is 6.08 Å². The molecule has 0 radical (unpaired) electrons. The quantitative estimate of drug-likeness (QED) is 0.0813. The molecule has 0 saturated carbocycles. The van der Waals surface area contributed by atoms with E-state index in [0.29, 0.717) is 0 Å². The number of imidazole rings is 1. The van der Waals surface area contributed by atoms with Crippen LogP contribution in [0.5, 0.6) is 0 Å². The normalized spacial score (nSPS) is 31.9. The van der Waals surface area contributed by atoms with Crippen molar-refractivity contribution in [1.29, 1.82) is 0 Å². The van der Waals surface area contributed by atoms with E-state index in [1.807, 2.05) is 0 Å². The monoisotopic (exact) mass is 713 g/mol. The van der Waals surface area contributed by atoms with E-state index >= 15 is 0 Å². The van der Waals surface area contributed by atoms with Crippen LogP contribution in [0.4, 0.5) is 5.82 Å². The summed E-state index contributed by atoms with van der Waals surface area (Å²) in [5.41, 5.74) is 11.6. The van der Waals surface area contributed by atoms with Crippen molar-refractivity contribution < 1.29 is 67.0 Å². The molecule has 2 aromatic rings. The molecule has 46 heavy (non-hydrogen) atoms. The number of hydrogen-bond donors (Lipinski definition) is 8. The van der Waals surface area contributed by atoms with Gasteiger partial charge in [0, 0.05) is 18.0 Å². The third kappa shape index (κ3) is 8.64. The molecule has 21 nitrogen and oxygen atoms in total. The summed E-state index contributed by atoms with van der Waals surface area (Å²) in [6.45, 7) is -1.79. The molecule has 25 heteroatoms. The van der Waals surface area contributed by atoms with Crippen LogP contribution in [0.1, 0.15) is 12.6 Å². The number of carbonyl (C=O) groups is 1. The number of carbonyl (C=O) groups excluding carboxylic acids is 1. The van der Waals surface area contributed by atoms with Gasteiger partial charge in [0.1, 0.15) is 48.5 Å². The number of rotatable bonds is 11. The van der Waals surface area contributed by atoms with E-state index in [1.165, 1.54) is 28.2 Å². The number of fused-ring (bicyclic) bond motifs is 1. The zero-order chi connectivity index (χ0) is 32.0. The van der Waals surface area contributed by atoms with Gasteiger partial charge < -0.3 is 56.1 Å². The molecule has 0 spiro atoms. The number of ether oxygens (including phenoxy) is 2. The Morgan fingerprint density at radius 3 is 2.09 bits per heavy atom. The second-order valence-electron chi connectivity index (χ2n) is 9.84. The molecule has 10 N–H and O–H groups in total. The van der Waals surface area contributed by atoms with Gasteiger partial charge in [-0.05, 0) is 6.42 Å². The van der Waals surface area contributed by atoms with Crippen molar-refractivity contribution in [1.82, 2.24) is 24.4 Å². The minimum atomic E-state index is -5.37. The van der Waals surface area contributed by atoms with Gasteiger partial charge >= 0.3 is 74.8 Å². The van der Waals surface area contributed by atoms with Gasteiger partial charge in [-0.25, -0.2) is 24.1 Å². The molecular weight excluding hydrogens is 682 g/mol. The summed E-state index contributed by atoms with van der Waals surface area (Å²) in [7, 11) is -10.7. The van der Waals surface area contributed by atoms with Crippen LogP contribution in [-0.4, -0.2) is 176 Å². The van der Waals surface area contributed by atoms with E-state index < -0.39 is 83.8 Å². The summed E-state index contributed by atoms with van der Waals surface area (Å²) in [5, 5.41) is 41.6. The van der Waals surface area contributed by atoms with E-state index in [-0.39, 0.29) is 88.1 Å². The Balaban J connectivity index is 0.00000288. The fourth-order valence-corrected chi connectivity index (χ4v) is 6.77. The van der Waals surface area contributed by atoms with Gasteiger partial charge in [-0.1, -0.05) is 6.08 Å². The van der Waals surface area contributed by atoms with E-state index in [9.17, 15) is 44.1 Å². The van der Waals surface area contributed by atoms with E-state index in [0.717, 1.165) is 6.33 Å². The van der Waals surface area contributed by atoms with Crippen LogP contribution in [0.25, 0.3) is 11.2 Å². The molecule has 3 aliphatic heterocycles. The number of nitrogen functional groups attached to an aromatic ring is 1. The second kappa shape index (κ2) is 15.8. The molecular formula is C21H31N7Na2O14P2. The fraction of sp³-hybridized carbons (Fsp3) is 0.524. The fourth-order valence-electron chi connectivity index (χ4n) is 4.68. The number of aliphatic hydroxyl groups excluding tert-OH is 4. The van der Waals surface area contributed by atoms with Gasteiger partial charge in [-0.2, -0.15) is 4.31 Å². The number of amides is 1. The van der Waals surface area contributed by atoms with Crippen molar-refractivity contribution in [2.75, 3.05) is 18.9 Å². The zero-order valence-electron chi connectivity index (χ0n) is 22.4. The molecule has 2 saturated heterocycles. The number of nitrogens with two attached hydrogens (primary N) is 2. The molecule has 0 bridgehead atoms. The summed E-state index contributed by atoms with van der Waals surface area (Å²) >= 11 is 0. The molecule has 246 valence electrons. The SMILES string of the molecule is NC(=O)C1=CN([C@@H]2O[C@H](COP(=O)(O)OP(=O)(O)OC[C@H]3O[C@@H](n4cnc5c(N)ncnc54)[C@H](O)[C@@H]3O)[C@@H](O)[C@H]2O)C=CC1.[NaH].[NaH]. The number of aliphatic hydroxyl groups is 4. The molecule has 0 aliphatic carbocycles. The first-order valence-electron chi connectivity index (χ1n) is 12.7. The minimum absolute atomic E-state index is 0. The molecule has 5 heterocycles. The molecule has 10 atom stereocenters. The summed E-state index contributed by atoms with van der Waals surface area (Å²) in [4.78, 5) is 44.6. The van der Waals surface area contributed by atoms with Gasteiger partial charge in [0.05, 0.1) is 19.5 Å². The van der Waals surface area contributed by atoms with Crippen LogP contribution < -0.4 is 11.5 Å². The van der Waals surface area contributed by atoms with Crippen LogP contribution >= 0.6 is 15.6 Å². The number of phosphoric acid groups is 2. The summed E-state index contributed by atoms with van der Waals surface area (Å²) < 4.78 is 50.8. The van der Waals surface area contributed by atoms with Crippen molar-refractivity contribution in [2.45, 2.75) is 55.5 Å². The number of phosphoric ester groups is 2. The molecule has 0 aromatic carbocycles. The van der Waals surface area contributed by atoms with Crippen molar-refractivity contribution in [2.24, 2.45) is 5.73 Å².